The van der Waals surface area contributed by atoms with Crippen LogP contribution >= 0.6 is 0 Å². The van der Waals surface area contributed by atoms with Gasteiger partial charge in [-0.2, -0.15) is 0 Å². The van der Waals surface area contributed by atoms with Crippen LogP contribution in [-0.2, 0) is 4.74 Å². The average Bonchev–Trinajstić information content (AvgIpc) is 2.53. The lowest BCUT2D eigenvalue weighted by Crippen LogP contribution is -2.44. The molecule has 0 spiro atoms. The standard InChI is InChI=1S/C17H23N3O6/c1-17(2,3)26-16(23)19-8-6-12(7-9-19)18-13-5-4-11(15(21)22)10-14(13)20(24)25/h4-5,10,12,18H,6-9H2,1-3H3,(H,21,22). The van der Waals surface area contributed by atoms with E-state index in [1.54, 1.807) is 25.7 Å². The number of nitrogens with zero attached hydrogens (tertiary/aromatic N) is 2. The number of piperidine rings is 1. The van der Waals surface area contributed by atoms with Gasteiger partial charge in [0.15, 0.2) is 0 Å². The van der Waals surface area contributed by atoms with Crippen LogP contribution in [0.4, 0.5) is 16.2 Å². The minimum atomic E-state index is -1.22. The fourth-order valence-electron chi connectivity index (χ4n) is 2.69. The molecule has 1 amide bonds. The van der Waals surface area contributed by atoms with Crippen molar-refractivity contribution in [2.75, 3.05) is 18.4 Å². The number of likely N-dealkylation sites (tertiary alicyclic amines) is 1. The van der Waals surface area contributed by atoms with Gasteiger partial charge in [0.1, 0.15) is 11.3 Å². The Labute approximate surface area is 151 Å². The Morgan fingerprint density at radius 2 is 1.92 bits per heavy atom. The summed E-state index contributed by atoms with van der Waals surface area (Å²) in [6.45, 7) is 6.37. The van der Waals surface area contributed by atoms with Crippen molar-refractivity contribution in [3.63, 3.8) is 0 Å². The van der Waals surface area contributed by atoms with Crippen molar-refractivity contribution in [3.8, 4) is 0 Å². The van der Waals surface area contributed by atoms with E-state index in [1.165, 1.54) is 12.1 Å². The first-order valence-corrected chi connectivity index (χ1v) is 8.33. The van der Waals surface area contributed by atoms with E-state index < -0.39 is 16.5 Å². The molecule has 0 radical (unpaired) electrons. The van der Waals surface area contributed by atoms with Crippen LogP contribution in [-0.4, -0.2) is 51.7 Å². The summed E-state index contributed by atoms with van der Waals surface area (Å²) >= 11 is 0. The minimum Gasteiger partial charge on any atom is -0.478 e. The maximum atomic E-state index is 12.1. The monoisotopic (exact) mass is 365 g/mol. The second-order valence-electron chi connectivity index (χ2n) is 7.18. The molecule has 0 unspecified atom stereocenters. The number of anilines is 1. The van der Waals surface area contributed by atoms with E-state index in [1.807, 2.05) is 0 Å². The van der Waals surface area contributed by atoms with Crippen LogP contribution in [0.15, 0.2) is 18.2 Å². The van der Waals surface area contributed by atoms with E-state index in [-0.39, 0.29) is 29.1 Å². The molecule has 1 aliphatic heterocycles. The van der Waals surface area contributed by atoms with Crippen LogP contribution < -0.4 is 5.32 Å². The molecule has 26 heavy (non-hydrogen) atoms. The molecule has 2 rings (SSSR count). The van der Waals surface area contributed by atoms with E-state index in [0.717, 1.165) is 6.07 Å². The fraction of sp³-hybridized carbons (Fsp3) is 0.529. The van der Waals surface area contributed by atoms with Crippen molar-refractivity contribution in [1.29, 1.82) is 0 Å². The van der Waals surface area contributed by atoms with Gasteiger partial charge in [0.2, 0.25) is 0 Å². The Kier molecular flexibility index (Phi) is 5.69. The summed E-state index contributed by atoms with van der Waals surface area (Å²) in [5.74, 6) is -1.22. The second-order valence-corrected chi connectivity index (χ2v) is 7.18. The Balaban J connectivity index is 2.00. The number of benzene rings is 1. The van der Waals surface area contributed by atoms with Gasteiger partial charge in [-0.1, -0.05) is 0 Å². The van der Waals surface area contributed by atoms with Gasteiger partial charge in [0.05, 0.1) is 10.5 Å². The number of hydrogen-bond donors (Lipinski definition) is 2. The number of carboxylic acids is 1. The lowest BCUT2D eigenvalue weighted by Gasteiger charge is -2.34. The van der Waals surface area contributed by atoms with Crippen molar-refractivity contribution in [2.45, 2.75) is 45.3 Å². The van der Waals surface area contributed by atoms with Gasteiger partial charge in [-0.15, -0.1) is 0 Å². The Morgan fingerprint density at radius 1 is 1.31 bits per heavy atom. The SMILES string of the molecule is CC(C)(C)OC(=O)N1CCC(Nc2ccc(C(=O)O)cc2[N+](=O)[O-])CC1. The number of carbonyl (C=O) groups is 2. The lowest BCUT2D eigenvalue weighted by molar-refractivity contribution is -0.384. The van der Waals surface area contributed by atoms with Crippen LogP contribution in [0.2, 0.25) is 0 Å². The maximum absolute atomic E-state index is 12.1. The number of hydrogen-bond acceptors (Lipinski definition) is 6. The fourth-order valence-corrected chi connectivity index (χ4v) is 2.69. The van der Waals surface area contributed by atoms with Crippen LogP contribution in [0.25, 0.3) is 0 Å². The van der Waals surface area contributed by atoms with Crippen molar-refractivity contribution in [1.82, 2.24) is 4.90 Å². The van der Waals surface area contributed by atoms with Crippen molar-refractivity contribution >= 4 is 23.4 Å². The zero-order valence-corrected chi connectivity index (χ0v) is 15.0. The Morgan fingerprint density at radius 3 is 2.42 bits per heavy atom. The predicted octanol–water partition coefficient (Wildman–Crippen LogP) is 3.10. The van der Waals surface area contributed by atoms with Crippen LogP contribution in [0.1, 0.15) is 44.0 Å². The third kappa shape index (κ3) is 5.08. The van der Waals surface area contributed by atoms with Gasteiger partial charge in [-0.05, 0) is 45.7 Å². The summed E-state index contributed by atoms with van der Waals surface area (Å²) in [6, 6.07) is 3.72. The first-order valence-electron chi connectivity index (χ1n) is 8.33. The van der Waals surface area contributed by atoms with E-state index in [0.29, 0.717) is 25.9 Å². The van der Waals surface area contributed by atoms with Crippen LogP contribution in [0, 0.1) is 10.1 Å². The summed E-state index contributed by atoms with van der Waals surface area (Å²) in [5.41, 5.74) is -0.698. The molecule has 1 fully saturated rings. The number of nitro groups is 1. The zero-order valence-electron chi connectivity index (χ0n) is 15.0. The highest BCUT2D eigenvalue weighted by Crippen LogP contribution is 2.28. The Hall–Kier alpha value is -2.84. The summed E-state index contributed by atoms with van der Waals surface area (Å²) in [7, 11) is 0. The van der Waals surface area contributed by atoms with Gasteiger partial charge in [-0.25, -0.2) is 9.59 Å². The molecule has 0 atom stereocenters. The molecule has 0 aromatic heterocycles. The average molecular weight is 365 g/mol. The third-order valence-corrected chi connectivity index (χ3v) is 3.95. The highest BCUT2D eigenvalue weighted by atomic mass is 16.6. The van der Waals surface area contributed by atoms with Gasteiger partial charge >= 0.3 is 12.1 Å². The number of nitro benzene ring substituents is 1. The molecular formula is C17H23N3O6. The molecule has 1 heterocycles. The normalized spacial score (nSPS) is 15.4. The van der Waals surface area contributed by atoms with E-state index in [2.05, 4.69) is 5.32 Å². The van der Waals surface area contributed by atoms with Crippen LogP contribution in [0.3, 0.4) is 0 Å². The number of carboxylic acid groups (broad SMARTS) is 1. The lowest BCUT2D eigenvalue weighted by atomic mass is 10.0. The number of amides is 1. The molecule has 0 saturated carbocycles. The maximum Gasteiger partial charge on any atom is 0.410 e. The topological polar surface area (TPSA) is 122 Å². The van der Waals surface area contributed by atoms with Gasteiger partial charge in [-0.3, -0.25) is 10.1 Å². The molecule has 1 aliphatic rings. The van der Waals surface area contributed by atoms with E-state index >= 15 is 0 Å². The summed E-state index contributed by atoms with van der Waals surface area (Å²) in [6.07, 6.45) is 0.849. The van der Waals surface area contributed by atoms with Crippen molar-refractivity contribution < 1.29 is 24.4 Å². The quantitative estimate of drug-likeness (QED) is 0.621. The Bertz CT molecular complexity index is 705. The summed E-state index contributed by atoms with van der Waals surface area (Å²) in [4.78, 5) is 35.3. The molecule has 1 saturated heterocycles. The molecule has 142 valence electrons. The summed E-state index contributed by atoms with van der Waals surface area (Å²) < 4.78 is 5.34. The second kappa shape index (κ2) is 7.59. The predicted molar refractivity (Wildman–Crippen MR) is 94.5 cm³/mol. The zero-order chi connectivity index (χ0) is 19.5. The van der Waals surface area contributed by atoms with E-state index in [9.17, 15) is 19.7 Å². The molecule has 1 aromatic rings. The molecule has 0 bridgehead atoms. The highest BCUT2D eigenvalue weighted by molar-refractivity contribution is 5.89. The largest absolute Gasteiger partial charge is 0.478 e. The molecule has 0 aliphatic carbocycles. The minimum absolute atomic E-state index is 0.0527. The first kappa shape index (κ1) is 19.5. The van der Waals surface area contributed by atoms with Gasteiger partial charge in [0, 0.05) is 25.2 Å². The van der Waals surface area contributed by atoms with Gasteiger partial charge in [0.25, 0.3) is 5.69 Å². The number of rotatable bonds is 4. The molecule has 1 aromatic carbocycles. The number of ether oxygens (including phenoxy) is 1. The van der Waals surface area contributed by atoms with Crippen molar-refractivity contribution in [3.05, 3.63) is 33.9 Å². The van der Waals surface area contributed by atoms with Crippen molar-refractivity contribution in [2.24, 2.45) is 0 Å². The molecule has 9 nitrogen and oxygen atoms in total. The molecule has 2 N–H and O–H groups in total. The third-order valence-electron chi connectivity index (χ3n) is 3.95. The highest BCUT2D eigenvalue weighted by Gasteiger charge is 2.28. The number of aromatic carboxylic acids is 1. The number of carbonyl (C=O) groups excluding carboxylic acids is 1. The molecular weight excluding hydrogens is 342 g/mol. The van der Waals surface area contributed by atoms with Crippen LogP contribution in [0.5, 0.6) is 0 Å². The summed E-state index contributed by atoms with van der Waals surface area (Å²) in [5, 5.41) is 23.3. The van der Waals surface area contributed by atoms with Gasteiger partial charge < -0.3 is 20.1 Å². The van der Waals surface area contributed by atoms with E-state index in [4.69, 9.17) is 9.84 Å². The molecule has 9 heteroatoms. The number of nitrogens with one attached hydrogen (secondary N) is 1. The first-order chi connectivity index (χ1) is 12.1. The smallest absolute Gasteiger partial charge is 0.410 e.